The standard InChI is InChI=1S/C11H22N2O4S2/c1-11(3-5-12-6-4-11)9-13-19(16,17)10-2-7-18(14,15)8-10/h10,12-13H,2-9H2,1H3. The Morgan fingerprint density at radius 1 is 1.32 bits per heavy atom. The first-order valence-electron chi connectivity index (χ1n) is 6.62. The number of sulfonamides is 1. The summed E-state index contributed by atoms with van der Waals surface area (Å²) in [6.45, 7) is 4.27. The summed E-state index contributed by atoms with van der Waals surface area (Å²) in [5.74, 6) is -0.250. The number of hydrogen-bond acceptors (Lipinski definition) is 5. The molecule has 19 heavy (non-hydrogen) atoms. The zero-order valence-electron chi connectivity index (χ0n) is 11.2. The molecule has 0 aromatic carbocycles. The summed E-state index contributed by atoms with van der Waals surface area (Å²) in [6.07, 6.45) is 2.08. The second-order valence-corrected chi connectivity index (χ2v) is 10.2. The summed E-state index contributed by atoms with van der Waals surface area (Å²) >= 11 is 0. The first kappa shape index (κ1) is 15.2. The zero-order chi connectivity index (χ0) is 14.1. The van der Waals surface area contributed by atoms with Crippen LogP contribution in [0.25, 0.3) is 0 Å². The molecule has 8 heteroatoms. The SMILES string of the molecule is CC1(CNS(=O)(=O)C2CCS(=O)(=O)C2)CCNCC1. The van der Waals surface area contributed by atoms with E-state index in [1.165, 1.54) is 0 Å². The maximum absolute atomic E-state index is 12.1. The van der Waals surface area contributed by atoms with Crippen LogP contribution in [0.2, 0.25) is 0 Å². The molecule has 2 N–H and O–H groups in total. The molecular weight excluding hydrogens is 288 g/mol. The summed E-state index contributed by atoms with van der Waals surface area (Å²) in [7, 11) is -6.68. The van der Waals surface area contributed by atoms with Gasteiger partial charge in [0.1, 0.15) is 0 Å². The van der Waals surface area contributed by atoms with E-state index >= 15 is 0 Å². The van der Waals surface area contributed by atoms with E-state index in [1.54, 1.807) is 0 Å². The van der Waals surface area contributed by atoms with Crippen molar-refractivity contribution in [2.45, 2.75) is 31.4 Å². The van der Waals surface area contributed by atoms with Crippen LogP contribution in [0.15, 0.2) is 0 Å². The smallest absolute Gasteiger partial charge is 0.215 e. The molecule has 0 aromatic rings. The predicted molar refractivity (Wildman–Crippen MR) is 74.2 cm³/mol. The van der Waals surface area contributed by atoms with Crippen molar-refractivity contribution in [1.82, 2.24) is 10.0 Å². The first-order chi connectivity index (χ1) is 8.73. The van der Waals surface area contributed by atoms with Gasteiger partial charge in [0.2, 0.25) is 10.0 Å². The van der Waals surface area contributed by atoms with Crippen LogP contribution in [0.1, 0.15) is 26.2 Å². The minimum atomic E-state index is -3.52. The number of piperidine rings is 1. The lowest BCUT2D eigenvalue weighted by molar-refractivity contribution is 0.232. The third-order valence-corrected chi connectivity index (χ3v) is 7.95. The van der Waals surface area contributed by atoms with Crippen molar-refractivity contribution in [2.75, 3.05) is 31.1 Å². The molecule has 0 spiro atoms. The van der Waals surface area contributed by atoms with Crippen LogP contribution in [0.5, 0.6) is 0 Å². The van der Waals surface area contributed by atoms with E-state index in [9.17, 15) is 16.8 Å². The molecule has 0 radical (unpaired) electrons. The van der Waals surface area contributed by atoms with Gasteiger partial charge in [0.25, 0.3) is 0 Å². The molecule has 0 aromatic heterocycles. The molecule has 2 rings (SSSR count). The molecule has 2 aliphatic heterocycles. The lowest BCUT2D eigenvalue weighted by atomic mass is 9.81. The third kappa shape index (κ3) is 3.90. The van der Waals surface area contributed by atoms with Gasteiger partial charge in [0.15, 0.2) is 9.84 Å². The maximum atomic E-state index is 12.1. The minimum absolute atomic E-state index is 0.0141. The van der Waals surface area contributed by atoms with E-state index < -0.39 is 25.1 Å². The third-order valence-electron chi connectivity index (χ3n) is 4.14. The van der Waals surface area contributed by atoms with Gasteiger partial charge in [0.05, 0.1) is 16.8 Å². The highest BCUT2D eigenvalue weighted by atomic mass is 32.2. The van der Waals surface area contributed by atoms with E-state index in [4.69, 9.17) is 0 Å². The van der Waals surface area contributed by atoms with E-state index in [0.29, 0.717) is 6.54 Å². The summed E-state index contributed by atoms with van der Waals surface area (Å²) in [5.41, 5.74) is -0.0319. The number of hydrogen-bond donors (Lipinski definition) is 2. The Morgan fingerprint density at radius 2 is 1.95 bits per heavy atom. The molecule has 2 saturated heterocycles. The molecule has 1 atom stereocenters. The van der Waals surface area contributed by atoms with E-state index in [1.807, 2.05) is 0 Å². The molecular formula is C11H22N2O4S2. The van der Waals surface area contributed by atoms with Crippen molar-refractivity contribution < 1.29 is 16.8 Å². The predicted octanol–water partition coefficient (Wildman–Crippen LogP) is -0.517. The molecule has 0 saturated carbocycles. The molecule has 2 heterocycles. The summed E-state index contributed by atoms with van der Waals surface area (Å²) in [5, 5.41) is 2.47. The molecule has 0 aliphatic carbocycles. The van der Waals surface area contributed by atoms with Gasteiger partial charge in [-0.15, -0.1) is 0 Å². The molecule has 112 valence electrons. The number of rotatable bonds is 4. The van der Waals surface area contributed by atoms with Crippen molar-refractivity contribution in [1.29, 1.82) is 0 Å². The fraction of sp³-hybridized carbons (Fsp3) is 1.00. The second kappa shape index (κ2) is 5.31. The maximum Gasteiger partial charge on any atom is 0.215 e. The van der Waals surface area contributed by atoms with Crippen LogP contribution in [-0.4, -0.2) is 53.2 Å². The minimum Gasteiger partial charge on any atom is -0.317 e. The molecule has 0 amide bonds. The summed E-state index contributed by atoms with van der Waals surface area (Å²) < 4.78 is 49.6. The Morgan fingerprint density at radius 3 is 2.47 bits per heavy atom. The van der Waals surface area contributed by atoms with Crippen molar-refractivity contribution in [2.24, 2.45) is 5.41 Å². The quantitative estimate of drug-likeness (QED) is 0.729. The van der Waals surface area contributed by atoms with Crippen molar-refractivity contribution in [3.8, 4) is 0 Å². The molecule has 2 fully saturated rings. The van der Waals surface area contributed by atoms with Gasteiger partial charge in [-0.25, -0.2) is 21.6 Å². The Labute approximate surface area is 115 Å². The molecule has 1 unspecified atom stereocenters. The van der Waals surface area contributed by atoms with Gasteiger partial charge in [0, 0.05) is 6.54 Å². The number of nitrogens with one attached hydrogen (secondary N) is 2. The summed E-state index contributed by atoms with van der Waals surface area (Å²) in [6, 6.07) is 0. The summed E-state index contributed by atoms with van der Waals surface area (Å²) in [4.78, 5) is 0. The Hall–Kier alpha value is -0.180. The van der Waals surface area contributed by atoms with Crippen LogP contribution >= 0.6 is 0 Å². The second-order valence-electron chi connectivity index (χ2n) is 5.95. The van der Waals surface area contributed by atoms with E-state index in [-0.39, 0.29) is 23.3 Å². The van der Waals surface area contributed by atoms with Crippen LogP contribution in [0.3, 0.4) is 0 Å². The van der Waals surface area contributed by atoms with Crippen LogP contribution < -0.4 is 10.0 Å². The monoisotopic (exact) mass is 310 g/mol. The van der Waals surface area contributed by atoms with E-state index in [0.717, 1.165) is 25.9 Å². The van der Waals surface area contributed by atoms with Crippen LogP contribution in [0.4, 0.5) is 0 Å². The highest BCUT2D eigenvalue weighted by Crippen LogP contribution is 2.27. The lowest BCUT2D eigenvalue weighted by Gasteiger charge is -2.34. The fourth-order valence-electron chi connectivity index (χ4n) is 2.61. The fourth-order valence-corrected chi connectivity index (χ4v) is 6.85. The molecule has 2 aliphatic rings. The van der Waals surface area contributed by atoms with Gasteiger partial charge in [-0.05, 0) is 37.8 Å². The average molecular weight is 310 g/mol. The van der Waals surface area contributed by atoms with Crippen molar-refractivity contribution >= 4 is 19.9 Å². The Kier molecular flexibility index (Phi) is 4.25. The molecule has 6 nitrogen and oxygen atoms in total. The normalized spacial score (nSPS) is 30.3. The largest absolute Gasteiger partial charge is 0.317 e. The highest BCUT2D eigenvalue weighted by Gasteiger charge is 2.38. The first-order valence-corrected chi connectivity index (χ1v) is 9.99. The van der Waals surface area contributed by atoms with Crippen LogP contribution in [-0.2, 0) is 19.9 Å². The van der Waals surface area contributed by atoms with Crippen molar-refractivity contribution in [3.05, 3.63) is 0 Å². The van der Waals surface area contributed by atoms with Crippen LogP contribution in [0, 0.1) is 5.41 Å². The Balaban J connectivity index is 1.95. The highest BCUT2D eigenvalue weighted by molar-refractivity contribution is 7.95. The number of sulfone groups is 1. The average Bonchev–Trinajstić information content (AvgIpc) is 2.69. The zero-order valence-corrected chi connectivity index (χ0v) is 12.8. The van der Waals surface area contributed by atoms with Crippen molar-refractivity contribution in [3.63, 3.8) is 0 Å². The van der Waals surface area contributed by atoms with Gasteiger partial charge < -0.3 is 5.32 Å². The lowest BCUT2D eigenvalue weighted by Crippen LogP contribution is -2.45. The topological polar surface area (TPSA) is 92.3 Å². The van der Waals surface area contributed by atoms with Gasteiger partial charge in [-0.2, -0.15) is 0 Å². The van der Waals surface area contributed by atoms with Gasteiger partial charge in [-0.3, -0.25) is 0 Å². The Bertz CT molecular complexity index is 521. The molecule has 0 bridgehead atoms. The van der Waals surface area contributed by atoms with Gasteiger partial charge in [-0.1, -0.05) is 6.92 Å². The van der Waals surface area contributed by atoms with Gasteiger partial charge >= 0.3 is 0 Å². The van der Waals surface area contributed by atoms with E-state index in [2.05, 4.69) is 17.0 Å².